The minimum absolute atomic E-state index is 0.0844. The first-order valence-electron chi connectivity index (χ1n) is 12.3. The van der Waals surface area contributed by atoms with Crippen molar-refractivity contribution < 1.29 is 9.59 Å². The molecule has 192 valence electrons. The molecule has 0 radical (unpaired) electrons. The summed E-state index contributed by atoms with van der Waals surface area (Å²) in [6, 6.07) is 31.6. The molecule has 4 aromatic carbocycles. The van der Waals surface area contributed by atoms with Crippen LogP contribution in [0.1, 0.15) is 38.0 Å². The standard InChI is InChI=1S/C31H27ClN2O2S2/c1-21-17-23(19-37-27-5-3-2-4-6-27)9-16-28(21)33-30(36)24-10-12-25(13-11-24)31-34(29(35)20-38-31)18-22-7-14-26(32)15-8-22/h2-17,31H,18-20H2,1H3,(H,33,36)/t31-/m0/s1. The van der Waals surface area contributed by atoms with E-state index in [0.29, 0.717) is 22.9 Å². The Morgan fingerprint density at radius 1 is 0.974 bits per heavy atom. The van der Waals surface area contributed by atoms with Gasteiger partial charge in [-0.15, -0.1) is 23.5 Å². The molecular weight excluding hydrogens is 532 g/mol. The molecule has 1 aliphatic heterocycles. The summed E-state index contributed by atoms with van der Waals surface area (Å²) in [4.78, 5) is 28.7. The number of hydrogen-bond donors (Lipinski definition) is 1. The first kappa shape index (κ1) is 26.4. The second-order valence-corrected chi connectivity index (χ2v) is 11.7. The molecule has 1 N–H and O–H groups in total. The van der Waals surface area contributed by atoms with Gasteiger partial charge >= 0.3 is 0 Å². The van der Waals surface area contributed by atoms with Crippen LogP contribution in [0.4, 0.5) is 5.69 Å². The van der Waals surface area contributed by atoms with Crippen molar-refractivity contribution in [1.82, 2.24) is 4.90 Å². The molecule has 1 fully saturated rings. The van der Waals surface area contributed by atoms with Crippen molar-refractivity contribution in [2.24, 2.45) is 0 Å². The van der Waals surface area contributed by atoms with Gasteiger partial charge in [0.15, 0.2) is 0 Å². The highest BCUT2D eigenvalue weighted by Gasteiger charge is 2.32. The fraction of sp³-hybridized carbons (Fsp3) is 0.161. The van der Waals surface area contributed by atoms with Crippen molar-refractivity contribution in [3.05, 3.63) is 130 Å². The normalized spacial score (nSPS) is 15.1. The molecule has 4 nitrogen and oxygen atoms in total. The van der Waals surface area contributed by atoms with Gasteiger partial charge in [-0.1, -0.05) is 66.2 Å². The molecule has 0 spiro atoms. The number of hydrogen-bond acceptors (Lipinski definition) is 4. The lowest BCUT2D eigenvalue weighted by Crippen LogP contribution is -2.27. The number of thioether (sulfide) groups is 2. The molecule has 1 atom stereocenters. The van der Waals surface area contributed by atoms with E-state index < -0.39 is 0 Å². The first-order chi connectivity index (χ1) is 18.5. The van der Waals surface area contributed by atoms with Crippen molar-refractivity contribution in [2.75, 3.05) is 11.1 Å². The fourth-order valence-corrected chi connectivity index (χ4v) is 6.50. The minimum Gasteiger partial charge on any atom is -0.322 e. The van der Waals surface area contributed by atoms with Gasteiger partial charge in [0.05, 0.1) is 5.75 Å². The van der Waals surface area contributed by atoms with Gasteiger partial charge in [-0.25, -0.2) is 0 Å². The maximum atomic E-state index is 13.0. The summed E-state index contributed by atoms with van der Waals surface area (Å²) in [6.45, 7) is 2.54. The minimum atomic E-state index is -0.153. The van der Waals surface area contributed by atoms with Gasteiger partial charge in [0, 0.05) is 33.5 Å². The van der Waals surface area contributed by atoms with Gasteiger partial charge in [0.1, 0.15) is 5.37 Å². The molecule has 1 saturated heterocycles. The van der Waals surface area contributed by atoms with Crippen LogP contribution < -0.4 is 5.32 Å². The average Bonchev–Trinajstić information content (AvgIpc) is 3.30. The van der Waals surface area contributed by atoms with Crippen molar-refractivity contribution in [2.45, 2.75) is 29.5 Å². The van der Waals surface area contributed by atoms with Crippen LogP contribution in [-0.2, 0) is 17.1 Å². The molecular formula is C31H27ClN2O2S2. The van der Waals surface area contributed by atoms with Gasteiger partial charge in [-0.3, -0.25) is 9.59 Å². The van der Waals surface area contributed by atoms with Crippen molar-refractivity contribution in [3.63, 3.8) is 0 Å². The molecule has 4 aromatic rings. The summed E-state index contributed by atoms with van der Waals surface area (Å²) in [5, 5.41) is 3.63. The zero-order valence-electron chi connectivity index (χ0n) is 20.9. The Labute approximate surface area is 236 Å². The van der Waals surface area contributed by atoms with Crippen molar-refractivity contribution in [3.8, 4) is 0 Å². The van der Waals surface area contributed by atoms with E-state index in [1.54, 1.807) is 23.5 Å². The molecule has 7 heteroatoms. The Bertz CT molecular complexity index is 1430. The Kier molecular flexibility index (Phi) is 8.42. The molecule has 0 bridgehead atoms. The van der Waals surface area contributed by atoms with Gasteiger partial charge in [0.2, 0.25) is 5.91 Å². The van der Waals surface area contributed by atoms with Crippen molar-refractivity contribution in [1.29, 1.82) is 0 Å². The van der Waals surface area contributed by atoms with Crippen LogP contribution in [-0.4, -0.2) is 22.5 Å². The summed E-state index contributed by atoms with van der Waals surface area (Å²) in [7, 11) is 0. The zero-order chi connectivity index (χ0) is 26.5. The lowest BCUT2D eigenvalue weighted by Gasteiger charge is -2.24. The number of carbonyl (C=O) groups excluding carboxylic acids is 2. The van der Waals surface area contributed by atoms with E-state index in [4.69, 9.17) is 11.6 Å². The molecule has 0 saturated carbocycles. The Morgan fingerprint density at radius 2 is 1.68 bits per heavy atom. The molecule has 38 heavy (non-hydrogen) atoms. The first-order valence-corrected chi connectivity index (χ1v) is 14.7. The van der Waals surface area contributed by atoms with Crippen LogP contribution in [0.3, 0.4) is 0 Å². The van der Waals surface area contributed by atoms with E-state index in [2.05, 4.69) is 29.6 Å². The number of amides is 2. The number of aryl methyl sites for hydroxylation is 1. The van der Waals surface area contributed by atoms with Crippen LogP contribution in [0.25, 0.3) is 0 Å². The van der Waals surface area contributed by atoms with E-state index in [-0.39, 0.29) is 17.2 Å². The predicted octanol–water partition coefficient (Wildman–Crippen LogP) is 7.97. The van der Waals surface area contributed by atoms with Crippen LogP contribution >= 0.6 is 35.1 Å². The third kappa shape index (κ3) is 6.44. The van der Waals surface area contributed by atoms with E-state index in [1.165, 1.54) is 10.5 Å². The highest BCUT2D eigenvalue weighted by Crippen LogP contribution is 2.39. The average molecular weight is 559 g/mol. The summed E-state index contributed by atoms with van der Waals surface area (Å²) in [5.41, 5.74) is 5.66. The predicted molar refractivity (Wildman–Crippen MR) is 159 cm³/mol. The second-order valence-electron chi connectivity index (χ2n) is 9.14. The van der Waals surface area contributed by atoms with E-state index in [0.717, 1.165) is 28.1 Å². The number of halogens is 1. The number of nitrogens with one attached hydrogen (secondary N) is 1. The Hall–Kier alpha value is -3.19. The van der Waals surface area contributed by atoms with E-state index in [1.807, 2.05) is 84.6 Å². The van der Waals surface area contributed by atoms with Crippen LogP contribution in [0, 0.1) is 6.92 Å². The van der Waals surface area contributed by atoms with Crippen LogP contribution in [0.5, 0.6) is 0 Å². The largest absolute Gasteiger partial charge is 0.322 e. The van der Waals surface area contributed by atoms with Crippen LogP contribution in [0.2, 0.25) is 5.02 Å². The molecule has 2 amide bonds. The molecule has 0 aliphatic carbocycles. The maximum Gasteiger partial charge on any atom is 0.255 e. The zero-order valence-corrected chi connectivity index (χ0v) is 23.3. The number of carbonyl (C=O) groups is 2. The van der Waals surface area contributed by atoms with Gasteiger partial charge in [-0.05, 0) is 71.6 Å². The number of anilines is 1. The number of benzene rings is 4. The highest BCUT2D eigenvalue weighted by atomic mass is 35.5. The Morgan fingerprint density at radius 3 is 2.39 bits per heavy atom. The van der Waals surface area contributed by atoms with Gasteiger partial charge in [0.25, 0.3) is 5.91 Å². The van der Waals surface area contributed by atoms with E-state index >= 15 is 0 Å². The van der Waals surface area contributed by atoms with E-state index in [9.17, 15) is 9.59 Å². The topological polar surface area (TPSA) is 49.4 Å². The third-order valence-corrected chi connectivity index (χ3v) is 8.97. The lowest BCUT2D eigenvalue weighted by molar-refractivity contribution is -0.128. The monoisotopic (exact) mass is 558 g/mol. The van der Waals surface area contributed by atoms with Gasteiger partial charge < -0.3 is 10.2 Å². The maximum absolute atomic E-state index is 13.0. The molecule has 0 aromatic heterocycles. The fourth-order valence-electron chi connectivity index (χ4n) is 4.32. The number of rotatable bonds is 8. The van der Waals surface area contributed by atoms with Crippen LogP contribution in [0.15, 0.2) is 102 Å². The summed E-state index contributed by atoms with van der Waals surface area (Å²) < 4.78 is 0. The quantitative estimate of drug-likeness (QED) is 0.223. The second kappa shape index (κ2) is 12.1. The molecule has 1 heterocycles. The van der Waals surface area contributed by atoms with Gasteiger partial charge in [-0.2, -0.15) is 0 Å². The van der Waals surface area contributed by atoms with Crippen molar-refractivity contribution >= 4 is 52.6 Å². The number of nitrogens with zero attached hydrogens (tertiary/aromatic N) is 1. The lowest BCUT2D eigenvalue weighted by atomic mass is 10.1. The summed E-state index contributed by atoms with van der Waals surface area (Å²) in [6.07, 6.45) is 0. The Balaban J connectivity index is 1.21. The summed E-state index contributed by atoms with van der Waals surface area (Å²) >= 11 is 9.40. The smallest absolute Gasteiger partial charge is 0.255 e. The SMILES string of the molecule is Cc1cc(CSc2ccccc2)ccc1NC(=O)c1ccc([C@@H]2SCC(=O)N2Cc2ccc(Cl)cc2)cc1. The summed E-state index contributed by atoms with van der Waals surface area (Å²) in [5.74, 6) is 1.27. The molecule has 5 rings (SSSR count). The molecule has 1 aliphatic rings. The molecule has 0 unspecified atom stereocenters. The third-order valence-electron chi connectivity index (χ3n) is 6.38. The highest BCUT2D eigenvalue weighted by molar-refractivity contribution is 8.00.